The number of likely N-dealkylation sites (N-methyl/N-ethyl adjacent to an activating group) is 1. The number of fused-ring (bicyclic) bond motifs is 1. The van der Waals surface area contributed by atoms with Gasteiger partial charge in [0.05, 0.1) is 5.02 Å². The first kappa shape index (κ1) is 21.5. The van der Waals surface area contributed by atoms with E-state index in [2.05, 4.69) is 36.2 Å². The molecule has 1 atom stereocenters. The van der Waals surface area contributed by atoms with E-state index >= 15 is 0 Å². The van der Waals surface area contributed by atoms with E-state index in [1.165, 1.54) is 16.7 Å². The molecular weight excluding hydrogens is 382 g/mol. The molecule has 0 amide bonds. The first-order valence-electron chi connectivity index (χ1n) is 8.66. The molecule has 0 fully saturated rings. The molecule has 1 unspecified atom stereocenters. The monoisotopic (exact) mass is 403 g/mol. The molecule has 0 saturated carbocycles. The van der Waals surface area contributed by atoms with Crippen LogP contribution in [0.2, 0.25) is 5.02 Å². The number of carboxylic acids is 2. The fourth-order valence-electron chi connectivity index (χ4n) is 3.09. The quantitative estimate of drug-likeness (QED) is 0.679. The van der Waals surface area contributed by atoms with Crippen LogP contribution < -0.4 is 0 Å². The number of rotatable bonds is 3. The zero-order valence-electron chi connectivity index (χ0n) is 15.4. The van der Waals surface area contributed by atoms with Crippen LogP contribution in [0.15, 0.2) is 54.6 Å². The van der Waals surface area contributed by atoms with Crippen molar-refractivity contribution in [2.24, 2.45) is 0 Å². The Labute approximate surface area is 168 Å². The van der Waals surface area contributed by atoms with Crippen LogP contribution in [0.25, 0.3) is 0 Å². The normalized spacial score (nSPS) is 16.6. The average molecular weight is 404 g/mol. The van der Waals surface area contributed by atoms with Crippen molar-refractivity contribution < 1.29 is 24.9 Å². The van der Waals surface area contributed by atoms with E-state index in [9.17, 15) is 14.7 Å². The van der Waals surface area contributed by atoms with Crippen LogP contribution in [0.4, 0.5) is 0 Å². The van der Waals surface area contributed by atoms with Gasteiger partial charge in [0, 0.05) is 31.2 Å². The number of benzene rings is 2. The van der Waals surface area contributed by atoms with Crippen LogP contribution in [-0.2, 0) is 16.0 Å². The van der Waals surface area contributed by atoms with Crippen LogP contribution in [-0.4, -0.2) is 52.3 Å². The molecule has 0 aliphatic carbocycles. The Bertz CT molecular complexity index is 851. The maximum Gasteiger partial charge on any atom is 0.328 e. The Kier molecular flexibility index (Phi) is 7.61. The Balaban J connectivity index is 0.000000300. The van der Waals surface area contributed by atoms with Crippen molar-refractivity contribution in [3.8, 4) is 5.75 Å². The van der Waals surface area contributed by atoms with E-state index in [-0.39, 0.29) is 11.7 Å². The zero-order valence-corrected chi connectivity index (χ0v) is 16.1. The lowest BCUT2D eigenvalue weighted by Gasteiger charge is -2.22. The minimum atomic E-state index is -1.26. The molecule has 3 N–H and O–H groups in total. The second-order valence-electron chi connectivity index (χ2n) is 6.49. The summed E-state index contributed by atoms with van der Waals surface area (Å²) in [5.74, 6) is -2.06. The van der Waals surface area contributed by atoms with Crippen LogP contribution in [0, 0.1) is 0 Å². The maximum absolute atomic E-state index is 9.95. The van der Waals surface area contributed by atoms with Crippen molar-refractivity contribution in [3.05, 3.63) is 76.3 Å². The number of hydrogen-bond donors (Lipinski definition) is 3. The highest BCUT2D eigenvalue weighted by Crippen LogP contribution is 2.36. The Morgan fingerprint density at radius 3 is 2.29 bits per heavy atom. The van der Waals surface area contributed by atoms with Crippen LogP contribution in [0.3, 0.4) is 0 Å². The van der Waals surface area contributed by atoms with E-state index < -0.39 is 11.9 Å². The highest BCUT2D eigenvalue weighted by molar-refractivity contribution is 6.32. The van der Waals surface area contributed by atoms with Crippen LogP contribution in [0.5, 0.6) is 5.75 Å². The fourth-order valence-corrected chi connectivity index (χ4v) is 3.27. The van der Waals surface area contributed by atoms with E-state index in [0.29, 0.717) is 17.2 Å². The highest BCUT2D eigenvalue weighted by atomic mass is 35.5. The van der Waals surface area contributed by atoms with Gasteiger partial charge in [-0.2, -0.15) is 0 Å². The number of phenols is 1. The van der Waals surface area contributed by atoms with Crippen molar-refractivity contribution in [2.75, 3.05) is 20.1 Å². The molecule has 2 aromatic rings. The van der Waals surface area contributed by atoms with Crippen molar-refractivity contribution in [3.63, 3.8) is 0 Å². The number of aliphatic carboxylic acids is 2. The largest absolute Gasteiger partial charge is 0.506 e. The number of hydrogen-bond acceptors (Lipinski definition) is 4. The third kappa shape index (κ3) is 6.11. The van der Waals surface area contributed by atoms with Crippen LogP contribution >= 0.6 is 11.6 Å². The van der Waals surface area contributed by atoms with Gasteiger partial charge in [-0.05, 0) is 42.3 Å². The van der Waals surface area contributed by atoms with Gasteiger partial charge in [-0.1, -0.05) is 41.9 Å². The van der Waals surface area contributed by atoms with Gasteiger partial charge in [0.2, 0.25) is 0 Å². The Hall–Kier alpha value is -2.83. The average Bonchev–Trinajstić information content (AvgIpc) is 2.81. The van der Waals surface area contributed by atoms with Gasteiger partial charge in [0.25, 0.3) is 0 Å². The summed E-state index contributed by atoms with van der Waals surface area (Å²) >= 11 is 6.07. The number of carbonyl (C=O) groups is 2. The smallest absolute Gasteiger partial charge is 0.328 e. The summed E-state index contributed by atoms with van der Waals surface area (Å²) in [6.07, 6.45) is 2.08. The molecule has 0 spiro atoms. The maximum atomic E-state index is 9.95. The molecule has 2 aromatic carbocycles. The first-order chi connectivity index (χ1) is 13.3. The summed E-state index contributed by atoms with van der Waals surface area (Å²) in [6.45, 7) is 1.97. The molecule has 28 heavy (non-hydrogen) atoms. The molecule has 0 radical (unpaired) electrons. The van der Waals surface area contributed by atoms with Gasteiger partial charge < -0.3 is 20.2 Å². The summed E-state index contributed by atoms with van der Waals surface area (Å²) in [4.78, 5) is 21.4. The van der Waals surface area contributed by atoms with Gasteiger partial charge in [-0.3, -0.25) is 0 Å². The molecule has 1 aliphatic rings. The summed E-state index contributed by atoms with van der Waals surface area (Å²) in [5, 5.41) is 26.0. The molecular formula is C21H22ClNO5. The Morgan fingerprint density at radius 1 is 1.11 bits per heavy atom. The van der Waals surface area contributed by atoms with Gasteiger partial charge in [0.15, 0.2) is 0 Å². The molecule has 1 aliphatic heterocycles. The number of carboxylic acid groups (broad SMARTS) is 2. The SMILES string of the molecule is CN1CCc2cc(Cl)c(O)cc2C(c2ccccc2)C1.O=C(O)/C=C/C(=O)O. The summed E-state index contributed by atoms with van der Waals surface area (Å²) in [7, 11) is 2.14. The van der Waals surface area contributed by atoms with Gasteiger partial charge in [-0.25, -0.2) is 9.59 Å². The topological polar surface area (TPSA) is 98.1 Å². The first-order valence-corrected chi connectivity index (χ1v) is 9.04. The molecule has 148 valence electrons. The second kappa shape index (κ2) is 9.92. The molecule has 7 heteroatoms. The van der Waals surface area contributed by atoms with Crippen molar-refractivity contribution >= 4 is 23.5 Å². The molecule has 1 heterocycles. The highest BCUT2D eigenvalue weighted by Gasteiger charge is 2.24. The lowest BCUT2D eigenvalue weighted by Crippen LogP contribution is -2.24. The standard InChI is InChI=1S/C17H18ClNO.C4H4O4/c1-19-8-7-13-9-16(18)17(20)10-14(13)15(11-19)12-5-3-2-4-6-12;5-3(6)1-2-4(7)8/h2-6,9-10,15,20H,7-8,11H2,1H3;1-2H,(H,5,6)(H,7,8)/b;2-1+. The fraction of sp³-hybridized carbons (Fsp3) is 0.238. The minimum Gasteiger partial charge on any atom is -0.506 e. The van der Waals surface area contributed by atoms with Gasteiger partial charge >= 0.3 is 11.9 Å². The predicted molar refractivity (Wildman–Crippen MR) is 107 cm³/mol. The van der Waals surface area contributed by atoms with E-state index in [1.54, 1.807) is 0 Å². The molecule has 0 bridgehead atoms. The number of halogens is 1. The van der Waals surface area contributed by atoms with Gasteiger partial charge in [0.1, 0.15) is 5.75 Å². The molecule has 0 saturated heterocycles. The van der Waals surface area contributed by atoms with Crippen molar-refractivity contribution in [2.45, 2.75) is 12.3 Å². The number of aromatic hydroxyl groups is 1. The third-order valence-corrected chi connectivity index (χ3v) is 4.71. The minimum absolute atomic E-state index is 0.177. The molecule has 6 nitrogen and oxygen atoms in total. The predicted octanol–water partition coefficient (Wildman–Crippen LogP) is 3.38. The van der Waals surface area contributed by atoms with Crippen molar-refractivity contribution in [1.82, 2.24) is 4.90 Å². The van der Waals surface area contributed by atoms with E-state index in [1.807, 2.05) is 18.2 Å². The zero-order chi connectivity index (χ0) is 20.7. The van der Waals surface area contributed by atoms with Gasteiger partial charge in [-0.15, -0.1) is 0 Å². The third-order valence-electron chi connectivity index (χ3n) is 4.41. The van der Waals surface area contributed by atoms with E-state index in [4.69, 9.17) is 21.8 Å². The summed E-state index contributed by atoms with van der Waals surface area (Å²) < 4.78 is 0. The lowest BCUT2D eigenvalue weighted by atomic mass is 9.88. The number of nitrogens with zero attached hydrogens (tertiary/aromatic N) is 1. The molecule has 0 aromatic heterocycles. The lowest BCUT2D eigenvalue weighted by molar-refractivity contribution is -0.134. The van der Waals surface area contributed by atoms with Crippen LogP contribution in [0.1, 0.15) is 22.6 Å². The van der Waals surface area contributed by atoms with Crippen molar-refractivity contribution in [1.29, 1.82) is 0 Å². The van der Waals surface area contributed by atoms with E-state index in [0.717, 1.165) is 19.5 Å². The Morgan fingerprint density at radius 2 is 1.71 bits per heavy atom. The second-order valence-corrected chi connectivity index (χ2v) is 6.89. The molecule has 3 rings (SSSR count). The summed E-state index contributed by atoms with van der Waals surface area (Å²) in [6, 6.07) is 14.2. The number of phenolic OH excluding ortho intramolecular Hbond substituents is 1. The summed E-state index contributed by atoms with van der Waals surface area (Å²) in [5.41, 5.74) is 3.72.